The van der Waals surface area contributed by atoms with Crippen molar-refractivity contribution in [3.05, 3.63) is 23.8 Å². The summed E-state index contributed by atoms with van der Waals surface area (Å²) >= 11 is 1.69. The number of nitrogens with zero attached hydrogens (tertiary/aromatic N) is 4. The van der Waals surface area contributed by atoms with Crippen molar-refractivity contribution in [2.75, 3.05) is 5.73 Å². The summed E-state index contributed by atoms with van der Waals surface area (Å²) in [6, 6.07) is 4.14. The summed E-state index contributed by atoms with van der Waals surface area (Å²) in [5.41, 5.74) is 7.56. The Morgan fingerprint density at radius 2 is 2.17 bits per heavy atom. The van der Waals surface area contributed by atoms with Gasteiger partial charge in [0.1, 0.15) is 6.33 Å². The third-order valence-corrected chi connectivity index (χ3v) is 5.15. The Morgan fingerprint density at radius 3 is 2.87 bits per heavy atom. The Kier molecular flexibility index (Phi) is 4.91. The summed E-state index contributed by atoms with van der Waals surface area (Å²) < 4.78 is 2.23. The van der Waals surface area contributed by atoms with Gasteiger partial charge in [0.25, 0.3) is 0 Å². The summed E-state index contributed by atoms with van der Waals surface area (Å²) in [5.74, 6) is 2.03. The number of anilines is 1. The Morgan fingerprint density at radius 1 is 1.30 bits per heavy atom. The van der Waals surface area contributed by atoms with E-state index in [1.165, 1.54) is 25.6 Å². The summed E-state index contributed by atoms with van der Waals surface area (Å²) in [6.07, 6.45) is 6.41. The van der Waals surface area contributed by atoms with Crippen LogP contribution in [-0.4, -0.2) is 19.5 Å². The molecule has 0 saturated heterocycles. The van der Waals surface area contributed by atoms with Gasteiger partial charge in [0.2, 0.25) is 0 Å². The molecule has 5 nitrogen and oxygen atoms in total. The average Bonchev–Trinajstić information content (AvgIpc) is 3.20. The van der Waals surface area contributed by atoms with Crippen LogP contribution in [0.2, 0.25) is 0 Å². The minimum Gasteiger partial charge on any atom is -0.382 e. The largest absolute Gasteiger partial charge is 0.382 e. The predicted molar refractivity (Wildman–Crippen MR) is 96.4 cm³/mol. The lowest BCUT2D eigenvalue weighted by Gasteiger charge is -2.17. The fraction of sp³-hybridized carbons (Fsp3) is 0.471. The molecule has 1 unspecified atom stereocenters. The maximum atomic E-state index is 6.01. The van der Waals surface area contributed by atoms with Crippen molar-refractivity contribution in [1.29, 1.82) is 0 Å². The van der Waals surface area contributed by atoms with Gasteiger partial charge in [-0.05, 0) is 23.8 Å². The van der Waals surface area contributed by atoms with Crippen LogP contribution in [0.5, 0.6) is 0 Å². The summed E-state index contributed by atoms with van der Waals surface area (Å²) in [5, 5.41) is 2.07. The molecule has 122 valence electrons. The molecule has 0 saturated carbocycles. The van der Waals surface area contributed by atoms with Crippen LogP contribution in [0.3, 0.4) is 0 Å². The lowest BCUT2D eigenvalue weighted by Crippen LogP contribution is -2.12. The van der Waals surface area contributed by atoms with Crippen molar-refractivity contribution in [2.45, 2.75) is 46.1 Å². The van der Waals surface area contributed by atoms with Gasteiger partial charge in [0.15, 0.2) is 22.8 Å². The lowest BCUT2D eigenvalue weighted by atomic mass is 9.99. The minimum absolute atomic E-state index is 0.452. The number of rotatable bonds is 7. The molecule has 3 aromatic rings. The zero-order valence-corrected chi connectivity index (χ0v) is 14.5. The zero-order valence-electron chi connectivity index (χ0n) is 13.7. The molecule has 3 rings (SSSR count). The van der Waals surface area contributed by atoms with Crippen molar-refractivity contribution < 1.29 is 0 Å². The molecule has 23 heavy (non-hydrogen) atoms. The number of hydrogen-bond donors (Lipinski definition) is 1. The Labute approximate surface area is 140 Å². The molecule has 0 fully saturated rings. The molecule has 0 aliphatic rings. The van der Waals surface area contributed by atoms with Crippen molar-refractivity contribution in [3.8, 4) is 10.7 Å². The number of aromatic nitrogens is 4. The second-order valence-corrected chi connectivity index (χ2v) is 6.82. The van der Waals surface area contributed by atoms with E-state index in [9.17, 15) is 0 Å². The molecular weight excluding hydrogens is 306 g/mol. The highest BCUT2D eigenvalue weighted by Gasteiger charge is 2.19. The van der Waals surface area contributed by atoms with Crippen molar-refractivity contribution in [2.24, 2.45) is 5.92 Å². The van der Waals surface area contributed by atoms with Crippen LogP contribution in [0.25, 0.3) is 21.9 Å². The molecular formula is C17H23N5S. The van der Waals surface area contributed by atoms with Crippen LogP contribution in [0.1, 0.15) is 39.5 Å². The Balaban J connectivity index is 2.06. The van der Waals surface area contributed by atoms with E-state index in [1.807, 2.05) is 6.07 Å². The normalized spacial score (nSPS) is 12.8. The number of nitrogens with two attached hydrogens (primary N) is 1. The fourth-order valence-corrected chi connectivity index (χ4v) is 3.62. The molecule has 0 aliphatic carbocycles. The van der Waals surface area contributed by atoms with Crippen LogP contribution in [0.4, 0.5) is 5.82 Å². The molecule has 0 spiro atoms. The van der Waals surface area contributed by atoms with Gasteiger partial charge in [-0.3, -0.25) is 0 Å². The first-order chi connectivity index (χ1) is 11.2. The SMILES string of the molecule is CCCCC(CC)Cn1c(-c2cccs2)nc2c(N)ncnc21. The molecule has 0 aromatic carbocycles. The monoisotopic (exact) mass is 329 g/mol. The van der Waals surface area contributed by atoms with Gasteiger partial charge in [-0.1, -0.05) is 39.2 Å². The van der Waals surface area contributed by atoms with E-state index >= 15 is 0 Å². The summed E-state index contributed by atoms with van der Waals surface area (Å²) in [7, 11) is 0. The number of nitrogen functional groups attached to an aromatic ring is 1. The molecule has 3 aromatic heterocycles. The summed E-state index contributed by atoms with van der Waals surface area (Å²) in [6.45, 7) is 5.43. The quantitative estimate of drug-likeness (QED) is 0.699. The maximum Gasteiger partial charge on any atom is 0.165 e. The van der Waals surface area contributed by atoms with E-state index in [-0.39, 0.29) is 0 Å². The molecule has 1 atom stereocenters. The highest BCUT2D eigenvalue weighted by Crippen LogP contribution is 2.30. The van der Waals surface area contributed by atoms with E-state index in [4.69, 9.17) is 10.7 Å². The number of imidazole rings is 1. The van der Waals surface area contributed by atoms with E-state index in [1.54, 1.807) is 11.3 Å². The van der Waals surface area contributed by atoms with Crippen LogP contribution < -0.4 is 5.73 Å². The average molecular weight is 329 g/mol. The van der Waals surface area contributed by atoms with E-state index in [2.05, 4.69) is 39.8 Å². The second kappa shape index (κ2) is 7.08. The Bertz CT molecular complexity index is 763. The van der Waals surface area contributed by atoms with Crippen LogP contribution in [-0.2, 0) is 6.54 Å². The van der Waals surface area contributed by atoms with Gasteiger partial charge in [-0.15, -0.1) is 11.3 Å². The van der Waals surface area contributed by atoms with Gasteiger partial charge >= 0.3 is 0 Å². The highest BCUT2D eigenvalue weighted by molar-refractivity contribution is 7.13. The lowest BCUT2D eigenvalue weighted by molar-refractivity contribution is 0.396. The van der Waals surface area contributed by atoms with Crippen LogP contribution >= 0.6 is 11.3 Å². The number of thiophene rings is 1. The van der Waals surface area contributed by atoms with E-state index < -0.39 is 0 Å². The molecule has 6 heteroatoms. The highest BCUT2D eigenvalue weighted by atomic mass is 32.1. The van der Waals surface area contributed by atoms with Gasteiger partial charge in [-0.2, -0.15) is 0 Å². The van der Waals surface area contributed by atoms with E-state index in [0.717, 1.165) is 29.3 Å². The van der Waals surface area contributed by atoms with Gasteiger partial charge < -0.3 is 10.3 Å². The second-order valence-electron chi connectivity index (χ2n) is 5.87. The van der Waals surface area contributed by atoms with Crippen molar-refractivity contribution in [1.82, 2.24) is 19.5 Å². The third-order valence-electron chi connectivity index (χ3n) is 4.29. The number of unbranched alkanes of at least 4 members (excludes halogenated alkanes) is 1. The molecule has 0 aliphatic heterocycles. The zero-order chi connectivity index (χ0) is 16.2. The third kappa shape index (κ3) is 3.22. The summed E-state index contributed by atoms with van der Waals surface area (Å²) in [4.78, 5) is 14.4. The Hall–Kier alpha value is -1.95. The van der Waals surface area contributed by atoms with Gasteiger partial charge in [0, 0.05) is 6.54 Å². The molecule has 0 radical (unpaired) electrons. The van der Waals surface area contributed by atoms with Gasteiger partial charge in [0.05, 0.1) is 4.88 Å². The number of fused-ring (bicyclic) bond motifs is 1. The first-order valence-electron chi connectivity index (χ1n) is 8.25. The number of hydrogen-bond acceptors (Lipinski definition) is 5. The first kappa shape index (κ1) is 15.9. The van der Waals surface area contributed by atoms with Gasteiger partial charge in [-0.25, -0.2) is 15.0 Å². The predicted octanol–water partition coefficient (Wildman–Crippen LogP) is 4.35. The standard InChI is InChI=1S/C17H23N5S/c1-3-5-7-12(4-2)10-22-16(13-8-6-9-23-13)21-14-15(18)19-11-20-17(14)22/h6,8-9,11-12H,3-5,7,10H2,1-2H3,(H2,18,19,20). The van der Waals surface area contributed by atoms with Crippen LogP contribution in [0.15, 0.2) is 23.8 Å². The maximum absolute atomic E-state index is 6.01. The van der Waals surface area contributed by atoms with Crippen molar-refractivity contribution in [3.63, 3.8) is 0 Å². The molecule has 0 amide bonds. The fourth-order valence-electron chi connectivity index (χ4n) is 2.90. The smallest absolute Gasteiger partial charge is 0.165 e. The van der Waals surface area contributed by atoms with Crippen LogP contribution in [0, 0.1) is 5.92 Å². The molecule has 3 heterocycles. The molecule has 2 N–H and O–H groups in total. The topological polar surface area (TPSA) is 69.6 Å². The minimum atomic E-state index is 0.452. The van der Waals surface area contributed by atoms with E-state index in [0.29, 0.717) is 17.3 Å². The van der Waals surface area contributed by atoms with Crippen molar-refractivity contribution >= 4 is 28.3 Å². The first-order valence-corrected chi connectivity index (χ1v) is 9.13. The molecule has 0 bridgehead atoms.